The highest BCUT2D eigenvalue weighted by molar-refractivity contribution is 5.98. The fourth-order valence-corrected chi connectivity index (χ4v) is 2.80. The second-order valence-corrected chi connectivity index (χ2v) is 6.88. The van der Waals surface area contributed by atoms with Crippen molar-refractivity contribution in [2.45, 2.75) is 33.6 Å². The molecule has 8 heteroatoms. The number of amides is 2. The van der Waals surface area contributed by atoms with Crippen LogP contribution in [0.15, 0.2) is 22.7 Å². The first-order valence-corrected chi connectivity index (χ1v) is 9.19. The number of hydrogen-bond donors (Lipinski definition) is 1. The molecule has 27 heavy (non-hydrogen) atoms. The minimum absolute atomic E-state index is 0.00616. The maximum atomic E-state index is 12.1. The number of aromatic nitrogens is 2. The molecule has 0 saturated carbocycles. The lowest BCUT2D eigenvalue weighted by atomic mass is 10.1. The number of fused-ring (bicyclic) bond motifs is 1. The Balaban J connectivity index is 1.75. The lowest BCUT2D eigenvalue weighted by Gasteiger charge is -2.29. The van der Waals surface area contributed by atoms with Gasteiger partial charge in [-0.2, -0.15) is 4.98 Å². The SMILES string of the molecule is CCCN1C(=O)COc2cc(-c3noc(C(=O)NCCC(C)C)n3)ccc21. The molecule has 0 atom stereocenters. The summed E-state index contributed by atoms with van der Waals surface area (Å²) in [5.41, 5.74) is 1.39. The van der Waals surface area contributed by atoms with Crippen LogP contribution in [0.5, 0.6) is 5.75 Å². The van der Waals surface area contributed by atoms with Gasteiger partial charge in [-0.05, 0) is 37.0 Å². The highest BCUT2D eigenvalue weighted by Crippen LogP contribution is 2.35. The van der Waals surface area contributed by atoms with Crippen molar-refractivity contribution in [2.24, 2.45) is 5.92 Å². The molecule has 1 aromatic carbocycles. The van der Waals surface area contributed by atoms with Gasteiger partial charge in [0.25, 0.3) is 5.91 Å². The Labute approximate surface area is 157 Å². The minimum atomic E-state index is -0.386. The molecule has 0 fully saturated rings. The van der Waals surface area contributed by atoms with Crippen LogP contribution in [0.4, 0.5) is 5.69 Å². The number of ether oxygens (including phenoxy) is 1. The molecule has 2 amide bonds. The van der Waals surface area contributed by atoms with Crippen molar-refractivity contribution >= 4 is 17.5 Å². The topological polar surface area (TPSA) is 97.6 Å². The van der Waals surface area contributed by atoms with Gasteiger partial charge in [-0.25, -0.2) is 0 Å². The molecule has 8 nitrogen and oxygen atoms in total. The molecule has 144 valence electrons. The van der Waals surface area contributed by atoms with Crippen molar-refractivity contribution in [3.63, 3.8) is 0 Å². The third-order valence-electron chi connectivity index (χ3n) is 4.24. The number of rotatable bonds is 7. The summed E-state index contributed by atoms with van der Waals surface area (Å²) in [6, 6.07) is 5.35. The van der Waals surface area contributed by atoms with Crippen molar-refractivity contribution in [1.29, 1.82) is 0 Å². The van der Waals surface area contributed by atoms with E-state index >= 15 is 0 Å². The van der Waals surface area contributed by atoms with Gasteiger partial charge in [-0.1, -0.05) is 25.9 Å². The maximum absolute atomic E-state index is 12.1. The van der Waals surface area contributed by atoms with E-state index in [-0.39, 0.29) is 24.3 Å². The summed E-state index contributed by atoms with van der Waals surface area (Å²) in [5.74, 6) is 0.872. The molecule has 1 N–H and O–H groups in total. The van der Waals surface area contributed by atoms with Crippen LogP contribution in [0, 0.1) is 5.92 Å². The largest absolute Gasteiger partial charge is 0.482 e. The van der Waals surface area contributed by atoms with Gasteiger partial charge in [-0.15, -0.1) is 0 Å². The van der Waals surface area contributed by atoms with E-state index in [4.69, 9.17) is 9.26 Å². The van der Waals surface area contributed by atoms with Crippen molar-refractivity contribution in [1.82, 2.24) is 15.5 Å². The van der Waals surface area contributed by atoms with Crippen LogP contribution in [0.25, 0.3) is 11.4 Å². The van der Waals surface area contributed by atoms with E-state index < -0.39 is 0 Å². The van der Waals surface area contributed by atoms with Crippen LogP contribution in [-0.4, -0.2) is 41.7 Å². The number of nitrogens with zero attached hydrogens (tertiary/aromatic N) is 3. The van der Waals surface area contributed by atoms with Crippen molar-refractivity contribution in [2.75, 3.05) is 24.6 Å². The zero-order valence-electron chi connectivity index (χ0n) is 15.8. The van der Waals surface area contributed by atoms with Gasteiger partial charge in [0.05, 0.1) is 5.69 Å². The van der Waals surface area contributed by atoms with Crippen molar-refractivity contribution in [3.8, 4) is 17.1 Å². The van der Waals surface area contributed by atoms with E-state index in [1.807, 2.05) is 6.92 Å². The molecular formula is C19H24N4O4. The molecule has 0 bridgehead atoms. The van der Waals surface area contributed by atoms with E-state index in [2.05, 4.69) is 29.3 Å². The predicted octanol–water partition coefficient (Wildman–Crippen LogP) is 2.65. The molecule has 0 saturated heterocycles. The number of carbonyl (C=O) groups excluding carboxylic acids is 2. The Morgan fingerprint density at radius 3 is 2.93 bits per heavy atom. The van der Waals surface area contributed by atoms with Gasteiger partial charge >= 0.3 is 11.8 Å². The highest BCUT2D eigenvalue weighted by Gasteiger charge is 2.26. The van der Waals surface area contributed by atoms with Crippen LogP contribution in [0.1, 0.15) is 44.3 Å². The van der Waals surface area contributed by atoms with Crippen molar-refractivity contribution < 1.29 is 18.8 Å². The number of hydrogen-bond acceptors (Lipinski definition) is 6. The van der Waals surface area contributed by atoms with Crippen LogP contribution >= 0.6 is 0 Å². The lowest BCUT2D eigenvalue weighted by Crippen LogP contribution is -2.39. The summed E-state index contributed by atoms with van der Waals surface area (Å²) < 4.78 is 10.6. The molecule has 0 radical (unpaired) electrons. The zero-order valence-corrected chi connectivity index (χ0v) is 15.8. The van der Waals surface area contributed by atoms with Gasteiger partial charge < -0.3 is 19.5 Å². The second-order valence-electron chi connectivity index (χ2n) is 6.88. The maximum Gasteiger partial charge on any atom is 0.316 e. The summed E-state index contributed by atoms with van der Waals surface area (Å²) in [5, 5.41) is 6.65. The van der Waals surface area contributed by atoms with Crippen LogP contribution in [0.3, 0.4) is 0 Å². The van der Waals surface area contributed by atoms with Crippen LogP contribution in [0.2, 0.25) is 0 Å². The second kappa shape index (κ2) is 8.20. The van der Waals surface area contributed by atoms with Crippen molar-refractivity contribution in [3.05, 3.63) is 24.1 Å². The van der Waals surface area contributed by atoms with Gasteiger partial charge in [0, 0.05) is 18.7 Å². The Kier molecular flexibility index (Phi) is 5.73. The number of benzene rings is 1. The molecule has 0 aliphatic carbocycles. The fraction of sp³-hybridized carbons (Fsp3) is 0.474. The summed E-state index contributed by atoms with van der Waals surface area (Å²) in [6.07, 6.45) is 1.73. The smallest absolute Gasteiger partial charge is 0.316 e. The van der Waals surface area contributed by atoms with E-state index in [0.29, 0.717) is 36.1 Å². The first-order valence-electron chi connectivity index (χ1n) is 9.19. The molecule has 1 aromatic heterocycles. The third-order valence-corrected chi connectivity index (χ3v) is 4.24. The summed E-state index contributed by atoms with van der Waals surface area (Å²) >= 11 is 0. The van der Waals surface area contributed by atoms with E-state index in [1.165, 1.54) is 0 Å². The summed E-state index contributed by atoms with van der Waals surface area (Å²) in [6.45, 7) is 7.39. The van der Waals surface area contributed by atoms with E-state index in [0.717, 1.165) is 18.5 Å². The van der Waals surface area contributed by atoms with E-state index in [1.54, 1.807) is 23.1 Å². The highest BCUT2D eigenvalue weighted by atomic mass is 16.5. The van der Waals surface area contributed by atoms with Crippen LogP contribution < -0.4 is 15.0 Å². The monoisotopic (exact) mass is 372 g/mol. The molecule has 3 rings (SSSR count). The Morgan fingerprint density at radius 2 is 2.19 bits per heavy atom. The number of nitrogens with one attached hydrogen (secondary N) is 1. The minimum Gasteiger partial charge on any atom is -0.482 e. The molecule has 0 spiro atoms. The molecule has 1 aliphatic heterocycles. The Morgan fingerprint density at radius 1 is 1.37 bits per heavy atom. The van der Waals surface area contributed by atoms with E-state index in [9.17, 15) is 9.59 Å². The Bertz CT molecular complexity index is 831. The first kappa shape index (κ1) is 18.9. The third kappa shape index (κ3) is 4.27. The average Bonchev–Trinajstić information content (AvgIpc) is 3.14. The lowest BCUT2D eigenvalue weighted by molar-refractivity contribution is -0.121. The molecular weight excluding hydrogens is 348 g/mol. The van der Waals surface area contributed by atoms with Crippen LogP contribution in [-0.2, 0) is 4.79 Å². The van der Waals surface area contributed by atoms with Gasteiger partial charge in [0.1, 0.15) is 5.75 Å². The molecule has 2 aromatic rings. The fourth-order valence-electron chi connectivity index (χ4n) is 2.80. The standard InChI is InChI=1S/C19H24N4O4/c1-4-9-23-14-6-5-13(10-15(14)26-11-16(23)24)17-21-19(27-22-17)18(25)20-8-7-12(2)3/h5-6,10,12H,4,7-9,11H2,1-3H3,(H,20,25). The Hall–Kier alpha value is -2.90. The zero-order chi connectivity index (χ0) is 19.4. The molecule has 0 unspecified atom stereocenters. The quantitative estimate of drug-likeness (QED) is 0.802. The number of carbonyl (C=O) groups is 2. The number of anilines is 1. The summed E-state index contributed by atoms with van der Waals surface area (Å²) in [7, 11) is 0. The van der Waals surface area contributed by atoms with Gasteiger partial charge in [-0.3, -0.25) is 9.59 Å². The first-order chi connectivity index (χ1) is 13.0. The summed E-state index contributed by atoms with van der Waals surface area (Å²) in [4.78, 5) is 30.0. The van der Waals surface area contributed by atoms with Gasteiger partial charge in [0.2, 0.25) is 5.82 Å². The normalized spacial score (nSPS) is 13.5. The molecule has 1 aliphatic rings. The molecule has 2 heterocycles. The average molecular weight is 372 g/mol. The van der Waals surface area contributed by atoms with Gasteiger partial charge in [0.15, 0.2) is 6.61 Å². The predicted molar refractivity (Wildman–Crippen MR) is 99.7 cm³/mol.